The molecule has 0 aliphatic heterocycles. The van der Waals surface area contributed by atoms with Crippen molar-refractivity contribution in [1.82, 2.24) is 0 Å². The second kappa shape index (κ2) is 7.55. The Kier molecular flexibility index (Phi) is 5.02. The van der Waals surface area contributed by atoms with E-state index in [1.54, 1.807) is 14.2 Å². The lowest BCUT2D eigenvalue weighted by molar-refractivity contribution is 0.414. The smallest absolute Gasteiger partial charge is 0.118 e. The first-order valence-electron chi connectivity index (χ1n) is 7.89. The van der Waals surface area contributed by atoms with Crippen molar-refractivity contribution in [3.8, 4) is 11.5 Å². The number of ether oxygens (including phenoxy) is 2. The van der Waals surface area contributed by atoms with Crippen LogP contribution >= 0.6 is 0 Å². The zero-order chi connectivity index (χ0) is 16.8. The van der Waals surface area contributed by atoms with Crippen LogP contribution in [-0.4, -0.2) is 14.2 Å². The van der Waals surface area contributed by atoms with Crippen molar-refractivity contribution in [1.29, 1.82) is 0 Å². The third kappa shape index (κ3) is 3.69. The van der Waals surface area contributed by atoms with Crippen molar-refractivity contribution in [3.63, 3.8) is 0 Å². The minimum Gasteiger partial charge on any atom is -0.497 e. The number of nitrogens with one attached hydrogen (secondary N) is 1. The molecule has 1 N–H and O–H groups in total. The maximum absolute atomic E-state index is 5.27. The van der Waals surface area contributed by atoms with Crippen molar-refractivity contribution < 1.29 is 9.47 Å². The summed E-state index contributed by atoms with van der Waals surface area (Å²) in [5.74, 6) is 1.71. The lowest BCUT2D eigenvalue weighted by Crippen LogP contribution is -2.12. The van der Waals surface area contributed by atoms with Gasteiger partial charge in [0, 0.05) is 5.69 Å². The predicted octanol–water partition coefficient (Wildman–Crippen LogP) is 4.91. The van der Waals surface area contributed by atoms with Gasteiger partial charge in [0.1, 0.15) is 11.5 Å². The van der Waals surface area contributed by atoms with Gasteiger partial charge in [-0.1, -0.05) is 42.5 Å². The number of hydrogen-bond donors (Lipinski definition) is 1. The number of rotatable bonds is 6. The molecule has 0 spiro atoms. The Morgan fingerprint density at radius 3 is 1.50 bits per heavy atom. The molecule has 0 radical (unpaired) electrons. The molecule has 0 bridgehead atoms. The van der Waals surface area contributed by atoms with Crippen molar-refractivity contribution in [2.45, 2.75) is 6.04 Å². The van der Waals surface area contributed by atoms with Gasteiger partial charge >= 0.3 is 0 Å². The molecule has 122 valence electrons. The van der Waals surface area contributed by atoms with Gasteiger partial charge in [0.05, 0.1) is 20.3 Å². The Balaban J connectivity index is 1.95. The first-order valence-corrected chi connectivity index (χ1v) is 7.89. The summed E-state index contributed by atoms with van der Waals surface area (Å²) in [6.45, 7) is 0. The van der Waals surface area contributed by atoms with Gasteiger partial charge in [0.15, 0.2) is 0 Å². The van der Waals surface area contributed by atoms with Gasteiger partial charge in [-0.05, 0) is 47.5 Å². The number of benzene rings is 3. The Labute approximate surface area is 142 Å². The quantitative estimate of drug-likeness (QED) is 0.700. The zero-order valence-corrected chi connectivity index (χ0v) is 13.9. The van der Waals surface area contributed by atoms with E-state index in [2.05, 4.69) is 41.7 Å². The molecule has 0 heterocycles. The molecule has 0 saturated heterocycles. The normalized spacial score (nSPS) is 10.5. The standard InChI is InChI=1S/C21H21NO2/c1-23-19-12-8-16(9-13-19)21(22-18-6-4-3-5-7-18)17-10-14-20(24-2)15-11-17/h3-15,21-22H,1-2H3. The number of hydrogen-bond acceptors (Lipinski definition) is 3. The van der Waals surface area contributed by atoms with E-state index in [9.17, 15) is 0 Å². The maximum Gasteiger partial charge on any atom is 0.118 e. The van der Waals surface area contributed by atoms with E-state index in [-0.39, 0.29) is 6.04 Å². The van der Waals surface area contributed by atoms with Crippen LogP contribution in [0.5, 0.6) is 11.5 Å². The summed E-state index contributed by atoms with van der Waals surface area (Å²) in [5, 5.41) is 3.60. The predicted molar refractivity (Wildman–Crippen MR) is 97.9 cm³/mol. The highest BCUT2D eigenvalue weighted by atomic mass is 16.5. The van der Waals surface area contributed by atoms with E-state index in [1.165, 1.54) is 11.1 Å². The molecule has 3 rings (SSSR count). The highest BCUT2D eigenvalue weighted by Gasteiger charge is 2.14. The molecule has 3 nitrogen and oxygen atoms in total. The van der Waals surface area contributed by atoms with Crippen LogP contribution in [0.2, 0.25) is 0 Å². The lowest BCUT2D eigenvalue weighted by Gasteiger charge is -2.21. The molecule has 24 heavy (non-hydrogen) atoms. The van der Waals surface area contributed by atoms with Crippen molar-refractivity contribution in [2.24, 2.45) is 0 Å². The van der Waals surface area contributed by atoms with E-state index in [0.29, 0.717) is 0 Å². The van der Waals surface area contributed by atoms with Gasteiger partial charge in [-0.2, -0.15) is 0 Å². The van der Waals surface area contributed by atoms with Crippen molar-refractivity contribution >= 4 is 5.69 Å². The van der Waals surface area contributed by atoms with E-state index in [0.717, 1.165) is 17.2 Å². The molecule has 0 aromatic heterocycles. The molecule has 0 atom stereocenters. The van der Waals surface area contributed by atoms with Crippen LogP contribution in [0.25, 0.3) is 0 Å². The van der Waals surface area contributed by atoms with Crippen LogP contribution in [0, 0.1) is 0 Å². The Morgan fingerprint density at radius 2 is 1.08 bits per heavy atom. The SMILES string of the molecule is COc1ccc(C(Nc2ccccc2)c2ccc(OC)cc2)cc1. The fraction of sp³-hybridized carbons (Fsp3) is 0.143. The van der Waals surface area contributed by atoms with Crippen LogP contribution in [0.1, 0.15) is 17.2 Å². The van der Waals surface area contributed by atoms with Gasteiger partial charge in [-0.15, -0.1) is 0 Å². The minimum atomic E-state index is 0.0456. The summed E-state index contributed by atoms with van der Waals surface area (Å²) in [4.78, 5) is 0. The molecule has 3 aromatic rings. The summed E-state index contributed by atoms with van der Waals surface area (Å²) < 4.78 is 10.5. The van der Waals surface area contributed by atoms with Gasteiger partial charge in [0.25, 0.3) is 0 Å². The summed E-state index contributed by atoms with van der Waals surface area (Å²) in [7, 11) is 3.36. The van der Waals surface area contributed by atoms with E-state index >= 15 is 0 Å². The van der Waals surface area contributed by atoms with Crippen LogP contribution in [0.15, 0.2) is 78.9 Å². The second-order valence-corrected chi connectivity index (χ2v) is 5.49. The Hall–Kier alpha value is -2.94. The van der Waals surface area contributed by atoms with E-state index < -0.39 is 0 Å². The second-order valence-electron chi connectivity index (χ2n) is 5.49. The molecular weight excluding hydrogens is 298 g/mol. The highest BCUT2D eigenvalue weighted by molar-refractivity contribution is 5.50. The monoisotopic (exact) mass is 319 g/mol. The van der Waals surface area contributed by atoms with Crippen molar-refractivity contribution in [3.05, 3.63) is 90.0 Å². The summed E-state index contributed by atoms with van der Waals surface area (Å²) in [5.41, 5.74) is 3.42. The van der Waals surface area contributed by atoms with Crippen LogP contribution in [0.3, 0.4) is 0 Å². The lowest BCUT2D eigenvalue weighted by atomic mass is 9.98. The summed E-state index contributed by atoms with van der Waals surface area (Å²) in [6, 6.07) is 26.5. The highest BCUT2D eigenvalue weighted by Crippen LogP contribution is 2.29. The Morgan fingerprint density at radius 1 is 0.625 bits per heavy atom. The van der Waals surface area contributed by atoms with Gasteiger partial charge in [-0.3, -0.25) is 0 Å². The van der Waals surface area contributed by atoms with Crippen LogP contribution < -0.4 is 14.8 Å². The maximum atomic E-state index is 5.27. The average molecular weight is 319 g/mol. The fourth-order valence-electron chi connectivity index (χ4n) is 2.65. The number of anilines is 1. The topological polar surface area (TPSA) is 30.5 Å². The molecular formula is C21H21NO2. The minimum absolute atomic E-state index is 0.0456. The third-order valence-corrected chi connectivity index (χ3v) is 3.98. The molecule has 3 heteroatoms. The van der Waals surface area contributed by atoms with Crippen LogP contribution in [-0.2, 0) is 0 Å². The molecule has 0 fully saturated rings. The van der Waals surface area contributed by atoms with Crippen molar-refractivity contribution in [2.75, 3.05) is 19.5 Å². The van der Waals surface area contributed by atoms with Gasteiger partial charge in [0.2, 0.25) is 0 Å². The average Bonchev–Trinajstić information content (AvgIpc) is 2.67. The molecule has 3 aromatic carbocycles. The first-order chi connectivity index (χ1) is 11.8. The summed E-state index contributed by atoms with van der Waals surface area (Å²) in [6.07, 6.45) is 0. The first kappa shape index (κ1) is 15.9. The third-order valence-electron chi connectivity index (χ3n) is 3.98. The zero-order valence-electron chi connectivity index (χ0n) is 13.9. The fourth-order valence-corrected chi connectivity index (χ4v) is 2.65. The summed E-state index contributed by atoms with van der Waals surface area (Å²) >= 11 is 0. The molecule has 0 aliphatic rings. The molecule has 0 saturated carbocycles. The molecule has 0 aliphatic carbocycles. The Bertz CT molecular complexity index is 705. The van der Waals surface area contributed by atoms with Gasteiger partial charge < -0.3 is 14.8 Å². The van der Waals surface area contributed by atoms with E-state index in [4.69, 9.17) is 9.47 Å². The molecule has 0 unspecified atom stereocenters. The van der Waals surface area contributed by atoms with Gasteiger partial charge in [-0.25, -0.2) is 0 Å². The largest absolute Gasteiger partial charge is 0.497 e. The number of para-hydroxylation sites is 1. The van der Waals surface area contributed by atoms with E-state index in [1.807, 2.05) is 42.5 Å². The van der Waals surface area contributed by atoms with Crippen LogP contribution in [0.4, 0.5) is 5.69 Å². The molecule has 0 amide bonds. The number of methoxy groups -OCH3 is 2.